The molecule has 0 saturated carbocycles. The number of anilines is 1. The van der Waals surface area contributed by atoms with Crippen molar-refractivity contribution in [2.45, 2.75) is 13.8 Å². The van der Waals surface area contributed by atoms with Crippen LogP contribution in [0.2, 0.25) is 0 Å². The van der Waals surface area contributed by atoms with Crippen LogP contribution in [-0.4, -0.2) is 18.4 Å². The van der Waals surface area contributed by atoms with Crippen molar-refractivity contribution >= 4 is 38.9 Å². The van der Waals surface area contributed by atoms with Crippen molar-refractivity contribution in [1.29, 1.82) is 0 Å². The lowest BCUT2D eigenvalue weighted by Gasteiger charge is -2.20. The van der Waals surface area contributed by atoms with E-state index in [0.717, 1.165) is 4.70 Å². The van der Waals surface area contributed by atoms with Gasteiger partial charge in [0.05, 0.1) is 11.1 Å². The van der Waals surface area contributed by atoms with Gasteiger partial charge in [0, 0.05) is 16.6 Å². The van der Waals surface area contributed by atoms with Crippen LogP contribution < -0.4 is 16.8 Å². The zero-order valence-corrected chi connectivity index (χ0v) is 12.5. The van der Waals surface area contributed by atoms with Crippen LogP contribution in [0.3, 0.4) is 0 Å². The molecular weight excluding hydrogens is 293 g/mol. The Bertz CT molecular complexity index is 724. The largest absolute Gasteiger partial charge is 0.397 e. The minimum Gasteiger partial charge on any atom is -0.397 e. The van der Waals surface area contributed by atoms with Crippen molar-refractivity contribution in [3.8, 4) is 0 Å². The zero-order valence-electron chi connectivity index (χ0n) is 11.7. The number of hydrogen-bond acceptors (Lipinski definition) is 4. The molecule has 0 aliphatic carbocycles. The molecule has 0 spiro atoms. The topological polar surface area (TPSA) is 98.2 Å². The summed E-state index contributed by atoms with van der Waals surface area (Å²) < 4.78 is 13.9. The van der Waals surface area contributed by atoms with Gasteiger partial charge in [-0.2, -0.15) is 0 Å². The van der Waals surface area contributed by atoms with Crippen LogP contribution in [0.15, 0.2) is 18.2 Å². The van der Waals surface area contributed by atoms with Crippen LogP contribution in [0.25, 0.3) is 10.1 Å². The maximum atomic E-state index is 13.2. The van der Waals surface area contributed by atoms with Crippen LogP contribution in [0, 0.1) is 11.2 Å². The van der Waals surface area contributed by atoms with Crippen molar-refractivity contribution in [1.82, 2.24) is 5.32 Å². The standard InChI is InChI=1S/C14H16FN3O2S/c1-14(2,13(17)20)6-18-12(19)11-10(16)8-5-7(15)3-4-9(8)21-11/h3-5H,6,16H2,1-2H3,(H2,17,20)(H,18,19). The Kier molecular flexibility index (Phi) is 3.87. The summed E-state index contributed by atoms with van der Waals surface area (Å²) in [7, 11) is 0. The van der Waals surface area contributed by atoms with E-state index in [9.17, 15) is 14.0 Å². The van der Waals surface area contributed by atoms with E-state index in [1.165, 1.54) is 23.5 Å². The number of nitrogens with two attached hydrogens (primary N) is 2. The van der Waals surface area contributed by atoms with Crippen molar-refractivity contribution in [3.05, 3.63) is 28.9 Å². The predicted octanol–water partition coefficient (Wildman–Crippen LogP) is 1.86. The molecule has 1 heterocycles. The normalized spacial score (nSPS) is 11.6. The molecule has 1 aromatic heterocycles. The molecule has 2 amide bonds. The van der Waals surface area contributed by atoms with Gasteiger partial charge >= 0.3 is 0 Å². The number of halogens is 1. The highest BCUT2D eigenvalue weighted by Crippen LogP contribution is 2.34. The zero-order chi connectivity index (χ0) is 15.8. The molecule has 7 heteroatoms. The number of benzene rings is 1. The van der Waals surface area contributed by atoms with E-state index in [1.54, 1.807) is 19.9 Å². The molecule has 5 N–H and O–H groups in total. The molecular formula is C14H16FN3O2S. The first-order valence-corrected chi connectivity index (χ1v) is 7.09. The third-order valence-corrected chi connectivity index (χ3v) is 4.44. The van der Waals surface area contributed by atoms with Crippen molar-refractivity contribution < 1.29 is 14.0 Å². The van der Waals surface area contributed by atoms with E-state index in [1.807, 2.05) is 0 Å². The highest BCUT2D eigenvalue weighted by molar-refractivity contribution is 7.21. The van der Waals surface area contributed by atoms with E-state index < -0.39 is 23.0 Å². The molecule has 1 aromatic carbocycles. The molecule has 0 fully saturated rings. The molecule has 0 aliphatic heterocycles. The molecule has 0 bridgehead atoms. The Morgan fingerprint density at radius 3 is 2.67 bits per heavy atom. The number of thiophene rings is 1. The fourth-order valence-corrected chi connectivity index (χ4v) is 2.75. The van der Waals surface area contributed by atoms with Gasteiger partial charge in [-0.15, -0.1) is 11.3 Å². The molecule has 0 atom stereocenters. The van der Waals surface area contributed by atoms with E-state index in [-0.39, 0.29) is 12.2 Å². The predicted molar refractivity (Wildman–Crippen MR) is 81.5 cm³/mol. The fourth-order valence-electron chi connectivity index (χ4n) is 1.73. The van der Waals surface area contributed by atoms with Crippen LogP contribution in [-0.2, 0) is 4.79 Å². The molecule has 2 aromatic rings. The van der Waals surface area contributed by atoms with Crippen molar-refractivity contribution in [2.24, 2.45) is 11.1 Å². The minimum absolute atomic E-state index is 0.100. The Morgan fingerprint density at radius 2 is 2.05 bits per heavy atom. The summed E-state index contributed by atoms with van der Waals surface area (Å²) in [6.07, 6.45) is 0. The van der Waals surface area contributed by atoms with E-state index in [0.29, 0.717) is 10.3 Å². The first kappa shape index (κ1) is 15.2. The first-order valence-electron chi connectivity index (χ1n) is 6.28. The summed E-state index contributed by atoms with van der Waals surface area (Å²) >= 11 is 1.18. The van der Waals surface area contributed by atoms with Gasteiger partial charge in [0.15, 0.2) is 0 Å². The SMILES string of the molecule is CC(C)(CNC(=O)c1sc2ccc(F)cc2c1N)C(N)=O. The third kappa shape index (κ3) is 2.97. The van der Waals surface area contributed by atoms with Gasteiger partial charge in [-0.05, 0) is 32.0 Å². The van der Waals surface area contributed by atoms with Crippen LogP contribution in [0.4, 0.5) is 10.1 Å². The van der Waals surface area contributed by atoms with Gasteiger partial charge in [0.2, 0.25) is 5.91 Å². The first-order chi connectivity index (χ1) is 9.72. The average Bonchev–Trinajstić information content (AvgIpc) is 2.73. The summed E-state index contributed by atoms with van der Waals surface area (Å²) in [5, 5.41) is 3.15. The van der Waals surface area contributed by atoms with Gasteiger partial charge in [-0.1, -0.05) is 0 Å². The lowest BCUT2D eigenvalue weighted by Crippen LogP contribution is -2.42. The van der Waals surface area contributed by atoms with Gasteiger partial charge in [-0.3, -0.25) is 9.59 Å². The van der Waals surface area contributed by atoms with Crippen molar-refractivity contribution in [2.75, 3.05) is 12.3 Å². The van der Waals surface area contributed by atoms with Crippen LogP contribution >= 0.6 is 11.3 Å². The summed E-state index contributed by atoms with van der Waals surface area (Å²) in [6.45, 7) is 3.38. The Labute approximate surface area is 125 Å². The van der Waals surface area contributed by atoms with Gasteiger partial charge in [0.25, 0.3) is 5.91 Å². The molecule has 0 radical (unpaired) electrons. The molecule has 5 nitrogen and oxygen atoms in total. The number of rotatable bonds is 4. The Morgan fingerprint density at radius 1 is 1.38 bits per heavy atom. The van der Waals surface area contributed by atoms with Crippen LogP contribution in [0.5, 0.6) is 0 Å². The lowest BCUT2D eigenvalue weighted by atomic mass is 9.93. The summed E-state index contributed by atoms with van der Waals surface area (Å²) in [4.78, 5) is 23.7. The van der Waals surface area contributed by atoms with Gasteiger partial charge in [0.1, 0.15) is 10.7 Å². The van der Waals surface area contributed by atoms with E-state index in [2.05, 4.69) is 5.32 Å². The number of hydrogen-bond donors (Lipinski definition) is 3. The highest BCUT2D eigenvalue weighted by Gasteiger charge is 2.26. The number of carbonyl (C=O) groups is 2. The quantitative estimate of drug-likeness (QED) is 0.804. The average molecular weight is 309 g/mol. The number of primary amides is 1. The second-order valence-electron chi connectivity index (χ2n) is 5.42. The molecule has 2 rings (SSSR count). The molecule has 0 aliphatic rings. The minimum atomic E-state index is -0.854. The maximum Gasteiger partial charge on any atom is 0.263 e. The van der Waals surface area contributed by atoms with E-state index >= 15 is 0 Å². The Hall–Kier alpha value is -2.15. The summed E-state index contributed by atoms with van der Waals surface area (Å²) in [5.41, 5.74) is 10.5. The second-order valence-corrected chi connectivity index (χ2v) is 6.47. The van der Waals surface area contributed by atoms with Crippen molar-refractivity contribution in [3.63, 3.8) is 0 Å². The smallest absolute Gasteiger partial charge is 0.263 e. The number of amides is 2. The number of nitrogen functional groups attached to an aromatic ring is 1. The highest BCUT2D eigenvalue weighted by atomic mass is 32.1. The third-order valence-electron chi connectivity index (χ3n) is 3.25. The van der Waals surface area contributed by atoms with Gasteiger partial charge < -0.3 is 16.8 Å². The second kappa shape index (κ2) is 5.33. The fraction of sp³-hybridized carbons (Fsp3) is 0.286. The monoisotopic (exact) mass is 309 g/mol. The maximum absolute atomic E-state index is 13.2. The van der Waals surface area contributed by atoms with Crippen LogP contribution in [0.1, 0.15) is 23.5 Å². The van der Waals surface area contributed by atoms with E-state index in [4.69, 9.17) is 11.5 Å². The summed E-state index contributed by atoms with van der Waals surface area (Å²) in [5.74, 6) is -1.31. The lowest BCUT2D eigenvalue weighted by molar-refractivity contribution is -0.125. The molecule has 112 valence electrons. The molecule has 0 saturated heterocycles. The number of nitrogens with one attached hydrogen (secondary N) is 1. The summed E-state index contributed by atoms with van der Waals surface area (Å²) in [6, 6.07) is 4.19. The molecule has 21 heavy (non-hydrogen) atoms. The number of fused-ring (bicyclic) bond motifs is 1. The molecule has 0 unspecified atom stereocenters. The van der Waals surface area contributed by atoms with Gasteiger partial charge in [-0.25, -0.2) is 4.39 Å². The number of carbonyl (C=O) groups excluding carboxylic acids is 2. The Balaban J connectivity index is 2.24.